The number of nitrogen functional groups attached to an aromatic ring is 1. The van der Waals surface area contributed by atoms with E-state index in [1.807, 2.05) is 16.7 Å². The van der Waals surface area contributed by atoms with E-state index in [1.54, 1.807) is 6.07 Å². The first-order valence-electron chi connectivity index (χ1n) is 9.41. The van der Waals surface area contributed by atoms with Crippen molar-refractivity contribution in [2.75, 3.05) is 48.4 Å². The Morgan fingerprint density at radius 1 is 1.17 bits per heavy atom. The van der Waals surface area contributed by atoms with Gasteiger partial charge in [0, 0.05) is 37.5 Å². The molecule has 4 rings (SSSR count). The Hall–Kier alpha value is -2.69. The van der Waals surface area contributed by atoms with Crippen molar-refractivity contribution in [1.29, 1.82) is 0 Å². The summed E-state index contributed by atoms with van der Waals surface area (Å²) in [5.41, 5.74) is 4.21. The predicted octanol–water partition coefficient (Wildman–Crippen LogP) is 2.22. The van der Waals surface area contributed by atoms with E-state index in [1.165, 1.54) is 0 Å². The first kappa shape index (κ1) is 19.6. The number of morpholine rings is 1. The van der Waals surface area contributed by atoms with Crippen LogP contribution in [-0.2, 0) is 10.9 Å². The molecule has 11 heteroatoms. The average molecular weight is 409 g/mol. The van der Waals surface area contributed by atoms with E-state index in [0.29, 0.717) is 37.4 Å². The number of anilines is 3. The second kappa shape index (κ2) is 7.29. The van der Waals surface area contributed by atoms with Crippen LogP contribution in [0.25, 0.3) is 11.3 Å². The van der Waals surface area contributed by atoms with Crippen molar-refractivity contribution in [2.45, 2.75) is 26.1 Å². The SMILES string of the molecule is CC1CN(c2cc(-c3cnc(N)nc3C(F)(F)F)nc(N3CCOC[C@@H]3C)n2)C1. The van der Waals surface area contributed by atoms with Gasteiger partial charge in [-0.15, -0.1) is 0 Å². The minimum absolute atomic E-state index is 0.00641. The number of aromatic nitrogens is 4. The van der Waals surface area contributed by atoms with Gasteiger partial charge in [0.15, 0.2) is 5.69 Å². The van der Waals surface area contributed by atoms with Crippen LogP contribution in [0.4, 0.5) is 30.9 Å². The van der Waals surface area contributed by atoms with Crippen LogP contribution in [0.1, 0.15) is 19.5 Å². The predicted molar refractivity (Wildman–Crippen MR) is 101 cm³/mol. The van der Waals surface area contributed by atoms with Gasteiger partial charge < -0.3 is 20.3 Å². The second-order valence-electron chi connectivity index (χ2n) is 7.53. The molecule has 2 saturated heterocycles. The van der Waals surface area contributed by atoms with E-state index >= 15 is 0 Å². The Balaban J connectivity index is 1.83. The molecule has 2 aliphatic heterocycles. The highest BCUT2D eigenvalue weighted by molar-refractivity contribution is 5.68. The van der Waals surface area contributed by atoms with Gasteiger partial charge in [-0.2, -0.15) is 18.2 Å². The van der Waals surface area contributed by atoms with Crippen LogP contribution in [0, 0.1) is 5.92 Å². The molecule has 8 nitrogen and oxygen atoms in total. The smallest absolute Gasteiger partial charge is 0.377 e. The zero-order chi connectivity index (χ0) is 20.8. The Morgan fingerprint density at radius 3 is 2.59 bits per heavy atom. The highest BCUT2D eigenvalue weighted by Crippen LogP contribution is 2.37. The molecule has 4 heterocycles. The largest absolute Gasteiger partial charge is 0.434 e. The highest BCUT2D eigenvalue weighted by atomic mass is 19.4. The van der Waals surface area contributed by atoms with Crippen LogP contribution in [0.3, 0.4) is 0 Å². The van der Waals surface area contributed by atoms with Crippen molar-refractivity contribution in [2.24, 2.45) is 5.92 Å². The number of halogens is 3. The molecule has 156 valence electrons. The molecule has 2 aliphatic rings. The lowest BCUT2D eigenvalue weighted by molar-refractivity contribution is -0.140. The summed E-state index contributed by atoms with van der Waals surface area (Å²) in [5, 5.41) is 0. The van der Waals surface area contributed by atoms with Crippen molar-refractivity contribution >= 4 is 17.7 Å². The van der Waals surface area contributed by atoms with Gasteiger partial charge in [0.1, 0.15) is 5.82 Å². The maximum absolute atomic E-state index is 13.6. The van der Waals surface area contributed by atoms with Gasteiger partial charge in [0.05, 0.1) is 24.9 Å². The summed E-state index contributed by atoms with van der Waals surface area (Å²) in [6.07, 6.45) is -3.61. The number of alkyl halides is 3. The number of nitrogens with two attached hydrogens (primary N) is 1. The van der Waals surface area contributed by atoms with Crippen LogP contribution in [-0.4, -0.2) is 58.8 Å². The second-order valence-corrected chi connectivity index (χ2v) is 7.53. The molecule has 1 atom stereocenters. The zero-order valence-corrected chi connectivity index (χ0v) is 16.1. The molecule has 0 radical (unpaired) electrons. The minimum Gasteiger partial charge on any atom is -0.377 e. The monoisotopic (exact) mass is 409 g/mol. The van der Waals surface area contributed by atoms with Gasteiger partial charge >= 0.3 is 6.18 Å². The number of hydrogen-bond acceptors (Lipinski definition) is 8. The van der Waals surface area contributed by atoms with Gasteiger partial charge in [0.2, 0.25) is 11.9 Å². The Kier molecular flexibility index (Phi) is 4.93. The molecule has 0 spiro atoms. The molecule has 2 N–H and O–H groups in total. The van der Waals surface area contributed by atoms with Crippen LogP contribution in [0.2, 0.25) is 0 Å². The molecular formula is C18H22F3N7O. The molecule has 0 amide bonds. The van der Waals surface area contributed by atoms with Crippen molar-refractivity contribution in [1.82, 2.24) is 19.9 Å². The van der Waals surface area contributed by atoms with Gasteiger partial charge in [0.25, 0.3) is 0 Å². The average Bonchev–Trinajstić information content (AvgIpc) is 2.65. The van der Waals surface area contributed by atoms with E-state index in [9.17, 15) is 13.2 Å². The maximum atomic E-state index is 13.6. The van der Waals surface area contributed by atoms with E-state index in [4.69, 9.17) is 10.5 Å². The topological polar surface area (TPSA) is 93.3 Å². The normalized spacial score (nSPS) is 20.7. The molecule has 2 fully saturated rings. The lowest BCUT2D eigenvalue weighted by atomic mass is 10.0. The fraction of sp³-hybridized carbons (Fsp3) is 0.556. The van der Waals surface area contributed by atoms with Gasteiger partial charge in [-0.3, -0.25) is 0 Å². The van der Waals surface area contributed by atoms with E-state index in [0.717, 1.165) is 19.3 Å². The lowest BCUT2D eigenvalue weighted by Crippen LogP contribution is -2.47. The maximum Gasteiger partial charge on any atom is 0.434 e. The van der Waals surface area contributed by atoms with Crippen molar-refractivity contribution in [3.63, 3.8) is 0 Å². The van der Waals surface area contributed by atoms with Crippen molar-refractivity contribution in [3.8, 4) is 11.3 Å². The first-order chi connectivity index (χ1) is 13.7. The van der Waals surface area contributed by atoms with Crippen molar-refractivity contribution < 1.29 is 17.9 Å². The molecule has 0 aliphatic carbocycles. The van der Waals surface area contributed by atoms with Crippen molar-refractivity contribution in [3.05, 3.63) is 18.0 Å². The van der Waals surface area contributed by atoms with Gasteiger partial charge in [-0.05, 0) is 12.8 Å². The van der Waals surface area contributed by atoms with Crippen LogP contribution in [0.5, 0.6) is 0 Å². The van der Waals surface area contributed by atoms with Gasteiger partial charge in [-0.25, -0.2) is 15.0 Å². The fourth-order valence-corrected chi connectivity index (χ4v) is 3.56. The Morgan fingerprint density at radius 2 is 1.93 bits per heavy atom. The molecule has 2 aromatic heterocycles. The minimum atomic E-state index is -4.69. The first-order valence-corrected chi connectivity index (χ1v) is 9.41. The molecule has 2 aromatic rings. The fourth-order valence-electron chi connectivity index (χ4n) is 3.56. The third kappa shape index (κ3) is 3.91. The quantitative estimate of drug-likeness (QED) is 0.825. The summed E-state index contributed by atoms with van der Waals surface area (Å²) in [7, 11) is 0. The van der Waals surface area contributed by atoms with Gasteiger partial charge in [-0.1, -0.05) is 6.92 Å². The highest BCUT2D eigenvalue weighted by Gasteiger charge is 2.37. The molecule has 0 bridgehead atoms. The number of hydrogen-bond donors (Lipinski definition) is 1. The summed E-state index contributed by atoms with van der Waals surface area (Å²) < 4.78 is 46.2. The summed E-state index contributed by atoms with van der Waals surface area (Å²) >= 11 is 0. The van der Waals surface area contributed by atoms with Crippen LogP contribution in [0.15, 0.2) is 12.3 Å². The molecular weight excluding hydrogens is 387 g/mol. The number of nitrogens with zero attached hydrogens (tertiary/aromatic N) is 6. The summed E-state index contributed by atoms with van der Waals surface area (Å²) in [4.78, 5) is 20.3. The number of rotatable bonds is 3. The third-order valence-electron chi connectivity index (χ3n) is 5.07. The van der Waals surface area contributed by atoms with Crippen LogP contribution >= 0.6 is 0 Å². The standard InChI is InChI=1S/C18H22F3N7O/c1-10-7-27(8-10)14-5-13(12-6-23-16(22)26-15(12)18(19,20)21)24-17(25-14)28-3-4-29-9-11(28)2/h5-6,10-11H,3-4,7-9H2,1-2H3,(H2,22,23,26)/t11-/m0/s1. The summed E-state index contributed by atoms with van der Waals surface area (Å²) in [6, 6.07) is 1.57. The lowest BCUT2D eigenvalue weighted by Gasteiger charge is -2.39. The summed E-state index contributed by atoms with van der Waals surface area (Å²) in [6.45, 7) is 7.23. The van der Waals surface area contributed by atoms with E-state index in [-0.39, 0.29) is 17.3 Å². The zero-order valence-electron chi connectivity index (χ0n) is 16.1. The van der Waals surface area contributed by atoms with Crippen LogP contribution < -0.4 is 15.5 Å². The molecule has 0 unspecified atom stereocenters. The summed E-state index contributed by atoms with van der Waals surface area (Å²) in [5.74, 6) is 1.03. The molecule has 29 heavy (non-hydrogen) atoms. The molecule has 0 saturated carbocycles. The van der Waals surface area contributed by atoms with E-state index < -0.39 is 17.8 Å². The number of ether oxygens (including phenoxy) is 1. The third-order valence-corrected chi connectivity index (χ3v) is 5.07. The van der Waals surface area contributed by atoms with E-state index in [2.05, 4.69) is 26.9 Å². The Labute approximate surface area is 165 Å². The molecule has 0 aromatic carbocycles. The Bertz CT molecular complexity index is 902.